The van der Waals surface area contributed by atoms with Crippen LogP contribution in [-0.2, 0) is 35.1 Å². The van der Waals surface area contributed by atoms with Crippen LogP contribution in [0.4, 0.5) is 4.79 Å². The van der Waals surface area contributed by atoms with Crippen molar-refractivity contribution in [1.29, 1.82) is 0 Å². The van der Waals surface area contributed by atoms with Gasteiger partial charge in [-0.15, -0.1) is 11.8 Å². The number of ether oxygens (including phenoxy) is 3. The van der Waals surface area contributed by atoms with Crippen LogP contribution in [0.5, 0.6) is 0 Å². The first kappa shape index (κ1) is 38.4. The maximum absolute atomic E-state index is 14.4. The fraction of sp³-hybridized carbons (Fsp3) is 0.357. The van der Waals surface area contributed by atoms with Crippen LogP contribution in [0.3, 0.4) is 0 Å². The van der Waals surface area contributed by atoms with Gasteiger partial charge in [0.2, 0.25) is 11.8 Å². The highest BCUT2D eigenvalue weighted by Crippen LogP contribution is 2.42. The first-order valence-corrected chi connectivity index (χ1v) is 18.8. The van der Waals surface area contributed by atoms with Crippen LogP contribution in [0.1, 0.15) is 81.1 Å². The number of benzene rings is 3. The molecule has 1 N–H and O–H groups in total. The largest absolute Gasteiger partial charge is 0.456 e. The van der Waals surface area contributed by atoms with E-state index < -0.39 is 58.7 Å². The molecule has 11 nitrogen and oxygen atoms in total. The van der Waals surface area contributed by atoms with E-state index >= 15 is 0 Å². The van der Waals surface area contributed by atoms with E-state index in [4.69, 9.17) is 14.2 Å². The molecule has 3 atom stereocenters. The Bertz CT molecular complexity index is 1930. The van der Waals surface area contributed by atoms with E-state index in [1.807, 2.05) is 81.4 Å². The SMILES string of the molecule is CC(C)(C)OC(=O)N[C@@H]1C(=O)N2[C@@H](C(=O)OC(c3ccccc3)c3ccccc3)C(/C=C3\CCN(Cc4ccc(C(=O)OC(C)(C)C)cc4)C3=O)=CS[C@H]12. The minimum Gasteiger partial charge on any atom is -0.456 e. The molecule has 3 aliphatic heterocycles. The Morgan fingerprint density at radius 3 is 2.02 bits per heavy atom. The summed E-state index contributed by atoms with van der Waals surface area (Å²) in [4.78, 5) is 70.1. The zero-order valence-corrected chi connectivity index (χ0v) is 32.1. The number of esters is 2. The number of rotatable bonds is 9. The number of carbonyl (C=O) groups is 5. The third-order valence-corrected chi connectivity index (χ3v) is 10.1. The Balaban J connectivity index is 1.24. The summed E-state index contributed by atoms with van der Waals surface area (Å²) in [6, 6.07) is 23.6. The van der Waals surface area contributed by atoms with Crippen LogP contribution in [0.25, 0.3) is 0 Å². The Hall–Kier alpha value is -5.36. The molecule has 0 radical (unpaired) electrons. The predicted octanol–water partition coefficient (Wildman–Crippen LogP) is 6.69. The van der Waals surface area contributed by atoms with E-state index in [-0.39, 0.29) is 5.91 Å². The maximum atomic E-state index is 14.4. The van der Waals surface area contributed by atoms with Gasteiger partial charge in [-0.3, -0.25) is 9.59 Å². The zero-order chi connectivity index (χ0) is 38.8. The number of fused-ring (bicyclic) bond motifs is 1. The van der Waals surface area contributed by atoms with Crippen LogP contribution >= 0.6 is 11.8 Å². The van der Waals surface area contributed by atoms with Gasteiger partial charge in [-0.1, -0.05) is 72.8 Å². The second-order valence-corrected chi connectivity index (χ2v) is 16.4. The minimum absolute atomic E-state index is 0.197. The molecule has 3 heterocycles. The number of nitrogens with one attached hydrogen (secondary N) is 1. The van der Waals surface area contributed by atoms with Crippen molar-refractivity contribution >= 4 is 41.6 Å². The molecular formula is C42H45N3O8S. The molecule has 3 aromatic carbocycles. The first-order valence-electron chi connectivity index (χ1n) is 17.9. The second kappa shape index (κ2) is 15.5. The predicted molar refractivity (Wildman–Crippen MR) is 204 cm³/mol. The highest BCUT2D eigenvalue weighted by Gasteiger charge is 2.56. The molecule has 282 valence electrons. The quantitative estimate of drug-likeness (QED) is 0.110. The number of alkyl carbamates (subject to hydrolysis) is 1. The standard InChI is InChI=1S/C42H45N3O8S/c1-41(2,3)52-38(48)29-19-17-26(18-20-29)24-44-22-21-30(35(44)46)23-31-25-54-37-32(43-40(50)53-42(4,5)6)36(47)45(37)33(31)39(49)51-34(27-13-9-7-10-14-27)28-15-11-8-12-16-28/h7-20,23,25,32-34,37H,21-22,24H2,1-6H3,(H,43,50)/b30-23+/t32-,33-,37-/m1/s1. The highest BCUT2D eigenvalue weighted by molar-refractivity contribution is 8.03. The molecule has 2 fully saturated rings. The van der Waals surface area contributed by atoms with Crippen LogP contribution in [0, 0.1) is 0 Å². The van der Waals surface area contributed by atoms with E-state index in [0.29, 0.717) is 36.2 Å². The fourth-order valence-corrected chi connectivity index (χ4v) is 7.62. The van der Waals surface area contributed by atoms with Crippen LogP contribution in [0.15, 0.2) is 108 Å². The molecular weight excluding hydrogens is 707 g/mol. The summed E-state index contributed by atoms with van der Waals surface area (Å²) in [6.07, 6.45) is 0.612. The molecule has 3 aliphatic rings. The van der Waals surface area contributed by atoms with Crippen LogP contribution in [-0.4, -0.2) is 74.9 Å². The van der Waals surface area contributed by atoms with Crippen molar-refractivity contribution in [1.82, 2.24) is 15.1 Å². The summed E-state index contributed by atoms with van der Waals surface area (Å²) in [5.74, 6) is -1.75. The molecule has 12 heteroatoms. The van der Waals surface area contributed by atoms with Gasteiger partial charge in [0.05, 0.1) is 5.56 Å². The van der Waals surface area contributed by atoms with Crippen molar-refractivity contribution in [2.24, 2.45) is 0 Å². The number of nitrogens with zero attached hydrogens (tertiary/aromatic N) is 2. The average Bonchev–Trinajstić information content (AvgIpc) is 3.46. The molecule has 6 rings (SSSR count). The van der Waals surface area contributed by atoms with E-state index in [1.165, 1.54) is 16.7 Å². The van der Waals surface area contributed by atoms with Gasteiger partial charge in [0, 0.05) is 18.7 Å². The third-order valence-electron chi connectivity index (χ3n) is 8.87. The lowest BCUT2D eigenvalue weighted by Gasteiger charge is -2.51. The normalized spacial score (nSPS) is 20.6. The summed E-state index contributed by atoms with van der Waals surface area (Å²) in [5.41, 5.74) is 2.32. The smallest absolute Gasteiger partial charge is 0.408 e. The molecule has 0 bridgehead atoms. The molecule has 0 aromatic heterocycles. The topological polar surface area (TPSA) is 132 Å². The Kier molecular flexibility index (Phi) is 11.0. The van der Waals surface area contributed by atoms with Gasteiger partial charge in [0.1, 0.15) is 22.6 Å². The molecule has 54 heavy (non-hydrogen) atoms. The number of hydrogen-bond acceptors (Lipinski definition) is 9. The number of likely N-dealkylation sites (tertiary alicyclic amines) is 1. The van der Waals surface area contributed by atoms with E-state index in [9.17, 15) is 24.0 Å². The lowest BCUT2D eigenvalue weighted by atomic mass is 9.95. The summed E-state index contributed by atoms with van der Waals surface area (Å²) in [6.45, 7) is 11.4. The Morgan fingerprint density at radius 2 is 1.44 bits per heavy atom. The van der Waals surface area contributed by atoms with Crippen LogP contribution in [0.2, 0.25) is 0 Å². The van der Waals surface area contributed by atoms with Gasteiger partial charge in [0.15, 0.2) is 12.1 Å². The first-order chi connectivity index (χ1) is 25.6. The second-order valence-electron chi connectivity index (χ2n) is 15.4. The average molecular weight is 752 g/mol. The van der Waals surface area contributed by atoms with Gasteiger partial charge in [-0.25, -0.2) is 14.4 Å². The van der Waals surface area contributed by atoms with Gasteiger partial charge in [-0.2, -0.15) is 0 Å². The fourth-order valence-electron chi connectivity index (χ4n) is 6.43. The number of thioether (sulfide) groups is 1. The number of amides is 3. The van der Waals surface area contributed by atoms with Crippen molar-refractivity contribution in [3.8, 4) is 0 Å². The lowest BCUT2D eigenvalue weighted by Crippen LogP contribution is -2.74. The van der Waals surface area contributed by atoms with Crippen molar-refractivity contribution in [3.63, 3.8) is 0 Å². The van der Waals surface area contributed by atoms with Gasteiger partial charge in [0.25, 0.3) is 0 Å². The molecule has 3 amide bonds. The van der Waals surface area contributed by atoms with E-state index in [1.54, 1.807) is 61.4 Å². The lowest BCUT2D eigenvalue weighted by molar-refractivity contribution is -0.164. The number of β-lactam (4-membered cyclic amide) rings is 1. The zero-order valence-electron chi connectivity index (χ0n) is 31.2. The van der Waals surface area contributed by atoms with Gasteiger partial charge in [-0.05, 0) is 93.8 Å². The van der Waals surface area contributed by atoms with Crippen molar-refractivity contribution in [3.05, 3.63) is 130 Å². The summed E-state index contributed by atoms with van der Waals surface area (Å²) >= 11 is 1.28. The van der Waals surface area contributed by atoms with E-state index in [0.717, 1.165) is 16.7 Å². The highest BCUT2D eigenvalue weighted by atomic mass is 32.2. The maximum Gasteiger partial charge on any atom is 0.408 e. The van der Waals surface area contributed by atoms with Crippen LogP contribution < -0.4 is 5.32 Å². The Labute approximate surface area is 319 Å². The summed E-state index contributed by atoms with van der Waals surface area (Å²) in [7, 11) is 0. The molecule has 3 aromatic rings. The Morgan fingerprint density at radius 1 is 0.852 bits per heavy atom. The van der Waals surface area contributed by atoms with Crippen molar-refractivity contribution in [2.45, 2.75) is 89.3 Å². The molecule has 0 unspecified atom stereocenters. The molecule has 0 aliphatic carbocycles. The van der Waals surface area contributed by atoms with Crippen molar-refractivity contribution < 1.29 is 38.2 Å². The number of hydrogen-bond donors (Lipinski definition) is 1. The minimum atomic E-state index is -1.18. The van der Waals surface area contributed by atoms with Gasteiger partial charge >= 0.3 is 18.0 Å². The monoisotopic (exact) mass is 751 g/mol. The van der Waals surface area contributed by atoms with E-state index in [2.05, 4.69) is 5.32 Å². The number of carbonyl (C=O) groups excluding carboxylic acids is 5. The van der Waals surface area contributed by atoms with Crippen molar-refractivity contribution in [2.75, 3.05) is 6.54 Å². The third kappa shape index (κ3) is 8.87. The summed E-state index contributed by atoms with van der Waals surface area (Å²) in [5, 5.41) is 3.83. The molecule has 2 saturated heterocycles. The molecule has 0 spiro atoms. The van der Waals surface area contributed by atoms with Gasteiger partial charge < -0.3 is 29.3 Å². The molecule has 0 saturated carbocycles. The summed E-state index contributed by atoms with van der Waals surface area (Å²) < 4.78 is 17.1.